The molecule has 0 saturated carbocycles. The summed E-state index contributed by atoms with van der Waals surface area (Å²) in [5.74, 6) is 0. The van der Waals surface area contributed by atoms with Crippen molar-refractivity contribution in [2.24, 2.45) is 0 Å². The van der Waals surface area contributed by atoms with Crippen molar-refractivity contribution in [1.82, 2.24) is 0 Å². The molecule has 1 heterocycles. The fourth-order valence-electron chi connectivity index (χ4n) is 2.48. The van der Waals surface area contributed by atoms with Crippen LogP contribution in [-0.4, -0.2) is 52.9 Å². The van der Waals surface area contributed by atoms with Gasteiger partial charge in [0.15, 0.2) is 6.10 Å². The maximum absolute atomic E-state index is 9.75. The molecule has 5 nitrogen and oxygen atoms in total. The van der Waals surface area contributed by atoms with Crippen LogP contribution in [0.15, 0.2) is 12.3 Å². The van der Waals surface area contributed by atoms with E-state index in [4.69, 9.17) is 14.6 Å². The Morgan fingerprint density at radius 3 is 2.67 bits per heavy atom. The lowest BCUT2D eigenvalue weighted by Gasteiger charge is -2.22. The summed E-state index contributed by atoms with van der Waals surface area (Å²) in [6, 6.07) is 0. The maximum atomic E-state index is 9.75. The van der Waals surface area contributed by atoms with Crippen LogP contribution in [-0.2, 0) is 9.47 Å². The van der Waals surface area contributed by atoms with E-state index < -0.39 is 31.0 Å². The van der Waals surface area contributed by atoms with Crippen molar-refractivity contribution in [3.63, 3.8) is 0 Å². The second kappa shape index (κ2) is 11.0. The molecule has 1 rings (SSSR count). The largest absolute Gasteiger partial charge is 0.493 e. The van der Waals surface area contributed by atoms with E-state index in [0.29, 0.717) is 0 Å². The van der Waals surface area contributed by atoms with Gasteiger partial charge in [0.1, 0.15) is 18.3 Å². The first-order chi connectivity index (χ1) is 10.2. The molecule has 3 N–H and O–H groups in total. The Bertz CT molecular complexity index is 282. The van der Waals surface area contributed by atoms with Gasteiger partial charge in [0, 0.05) is 0 Å². The van der Waals surface area contributed by atoms with Crippen molar-refractivity contribution >= 4 is 0 Å². The van der Waals surface area contributed by atoms with Crippen LogP contribution in [0.4, 0.5) is 0 Å². The number of aliphatic hydroxyl groups is 3. The molecular formula is C16H30O5. The molecule has 0 unspecified atom stereocenters. The zero-order valence-electron chi connectivity index (χ0n) is 13.0. The topological polar surface area (TPSA) is 79.2 Å². The highest BCUT2D eigenvalue weighted by Crippen LogP contribution is 2.21. The van der Waals surface area contributed by atoms with E-state index in [9.17, 15) is 10.2 Å². The first-order valence-electron chi connectivity index (χ1n) is 8.09. The van der Waals surface area contributed by atoms with E-state index in [-0.39, 0.29) is 6.61 Å². The highest BCUT2D eigenvalue weighted by atomic mass is 16.6. The van der Waals surface area contributed by atoms with Crippen molar-refractivity contribution < 1.29 is 24.8 Å². The Hall–Kier alpha value is -0.620. The molecule has 0 bridgehead atoms. The van der Waals surface area contributed by atoms with E-state index in [1.54, 1.807) is 6.26 Å². The van der Waals surface area contributed by atoms with E-state index in [2.05, 4.69) is 6.92 Å². The van der Waals surface area contributed by atoms with Crippen LogP contribution in [0.1, 0.15) is 51.9 Å². The van der Waals surface area contributed by atoms with Crippen molar-refractivity contribution in [3.05, 3.63) is 12.3 Å². The Labute approximate surface area is 127 Å². The minimum absolute atomic E-state index is 0.123. The predicted octanol–water partition coefficient (Wildman–Crippen LogP) is 1.75. The van der Waals surface area contributed by atoms with E-state index >= 15 is 0 Å². The molecule has 4 atom stereocenters. The zero-order valence-corrected chi connectivity index (χ0v) is 13.0. The van der Waals surface area contributed by atoms with Crippen molar-refractivity contribution in [3.8, 4) is 0 Å². The first kappa shape index (κ1) is 18.4. The van der Waals surface area contributed by atoms with Gasteiger partial charge in [0.25, 0.3) is 0 Å². The van der Waals surface area contributed by atoms with Crippen LogP contribution in [0.3, 0.4) is 0 Å². The summed E-state index contributed by atoms with van der Waals surface area (Å²) >= 11 is 0. The number of hydrogen-bond donors (Lipinski definition) is 3. The Morgan fingerprint density at radius 1 is 1.24 bits per heavy atom. The fourth-order valence-corrected chi connectivity index (χ4v) is 2.48. The molecular weight excluding hydrogens is 272 g/mol. The van der Waals surface area contributed by atoms with Crippen LogP contribution in [0.2, 0.25) is 0 Å². The molecule has 0 aromatic rings. The predicted molar refractivity (Wildman–Crippen MR) is 80.8 cm³/mol. The van der Waals surface area contributed by atoms with Gasteiger partial charge in [-0.2, -0.15) is 0 Å². The average Bonchev–Trinajstić information content (AvgIpc) is 2.86. The summed E-state index contributed by atoms with van der Waals surface area (Å²) in [7, 11) is 0. The van der Waals surface area contributed by atoms with Crippen LogP contribution in [0.25, 0.3) is 0 Å². The molecule has 5 heteroatoms. The maximum Gasteiger partial charge on any atom is 0.154 e. The molecule has 0 aromatic heterocycles. The average molecular weight is 302 g/mol. The highest BCUT2D eigenvalue weighted by molar-refractivity contribution is 4.91. The van der Waals surface area contributed by atoms with Gasteiger partial charge in [-0.05, 0) is 18.9 Å². The number of aliphatic hydroxyl groups excluding tert-OH is 3. The third-order valence-electron chi connectivity index (χ3n) is 3.79. The Morgan fingerprint density at radius 2 is 1.95 bits per heavy atom. The smallest absolute Gasteiger partial charge is 0.154 e. The number of rotatable bonds is 11. The Balaban J connectivity index is 2.16. The molecule has 0 amide bonds. The second-order valence-corrected chi connectivity index (χ2v) is 5.64. The molecule has 21 heavy (non-hydrogen) atoms. The Kier molecular flexibility index (Phi) is 9.67. The third kappa shape index (κ3) is 6.78. The highest BCUT2D eigenvalue weighted by Gasteiger charge is 2.41. The lowest BCUT2D eigenvalue weighted by Crippen LogP contribution is -2.41. The quantitative estimate of drug-likeness (QED) is 0.400. The SMILES string of the molecule is CCCCCCCC/C=C/O[C@H]1[C@@H]([C@H](O)CO)OC[C@@H]1O. The minimum atomic E-state index is -1.03. The summed E-state index contributed by atoms with van der Waals surface area (Å²) in [6.07, 6.45) is 8.90. The molecule has 1 fully saturated rings. The molecule has 0 aromatic carbocycles. The number of hydrogen-bond acceptors (Lipinski definition) is 5. The van der Waals surface area contributed by atoms with Gasteiger partial charge in [0.2, 0.25) is 0 Å². The monoisotopic (exact) mass is 302 g/mol. The third-order valence-corrected chi connectivity index (χ3v) is 3.79. The lowest BCUT2D eigenvalue weighted by atomic mass is 10.1. The van der Waals surface area contributed by atoms with Gasteiger partial charge in [0.05, 0.1) is 19.5 Å². The number of unbranched alkanes of at least 4 members (excludes halogenated alkanes) is 6. The molecule has 0 radical (unpaired) electrons. The number of ether oxygens (including phenoxy) is 2. The fraction of sp³-hybridized carbons (Fsp3) is 0.875. The van der Waals surface area contributed by atoms with E-state index in [1.165, 1.54) is 32.1 Å². The first-order valence-corrected chi connectivity index (χ1v) is 8.09. The molecule has 124 valence electrons. The van der Waals surface area contributed by atoms with Gasteiger partial charge < -0.3 is 24.8 Å². The normalized spacial score (nSPS) is 27.3. The van der Waals surface area contributed by atoms with E-state index in [0.717, 1.165) is 12.8 Å². The van der Waals surface area contributed by atoms with Gasteiger partial charge >= 0.3 is 0 Å². The van der Waals surface area contributed by atoms with Gasteiger partial charge in [-0.25, -0.2) is 0 Å². The van der Waals surface area contributed by atoms with Crippen molar-refractivity contribution in [1.29, 1.82) is 0 Å². The minimum Gasteiger partial charge on any atom is -0.493 e. The standard InChI is InChI=1S/C16H30O5/c1-2-3-4-5-6-7-8-9-10-20-16-14(19)12-21-15(16)13(18)11-17/h9-10,13-19H,2-8,11-12H2,1H3/b10-9+/t13-,14+,15-,16-/m1/s1. The van der Waals surface area contributed by atoms with Gasteiger partial charge in [-0.15, -0.1) is 0 Å². The zero-order chi connectivity index (χ0) is 15.5. The van der Waals surface area contributed by atoms with Crippen LogP contribution in [0, 0.1) is 0 Å². The summed E-state index contributed by atoms with van der Waals surface area (Å²) in [4.78, 5) is 0. The molecule has 1 aliphatic heterocycles. The molecule has 1 saturated heterocycles. The molecule has 0 aliphatic carbocycles. The molecule has 0 spiro atoms. The summed E-state index contributed by atoms with van der Waals surface area (Å²) in [5, 5.41) is 28.3. The van der Waals surface area contributed by atoms with Crippen LogP contribution >= 0.6 is 0 Å². The van der Waals surface area contributed by atoms with Gasteiger partial charge in [-0.1, -0.05) is 39.0 Å². The van der Waals surface area contributed by atoms with Gasteiger partial charge in [-0.3, -0.25) is 0 Å². The summed E-state index contributed by atoms with van der Waals surface area (Å²) < 4.78 is 10.7. The van der Waals surface area contributed by atoms with Crippen LogP contribution < -0.4 is 0 Å². The van der Waals surface area contributed by atoms with Crippen molar-refractivity contribution in [2.75, 3.05) is 13.2 Å². The van der Waals surface area contributed by atoms with Crippen LogP contribution in [0.5, 0.6) is 0 Å². The summed E-state index contributed by atoms with van der Waals surface area (Å²) in [5.41, 5.74) is 0. The summed E-state index contributed by atoms with van der Waals surface area (Å²) in [6.45, 7) is 1.93. The lowest BCUT2D eigenvalue weighted by molar-refractivity contribution is -0.0721. The van der Waals surface area contributed by atoms with Crippen molar-refractivity contribution in [2.45, 2.75) is 76.3 Å². The molecule has 1 aliphatic rings. The number of allylic oxidation sites excluding steroid dienone is 1. The second-order valence-electron chi connectivity index (χ2n) is 5.64. The van der Waals surface area contributed by atoms with E-state index in [1.807, 2.05) is 6.08 Å².